The third-order valence-electron chi connectivity index (χ3n) is 14.9. The van der Waals surface area contributed by atoms with Crippen LogP contribution in [-0.2, 0) is 30.4 Å². The Balaban J connectivity index is 1.11. The molecule has 8 aromatic carbocycles. The molecule has 470 valence electrons. The summed E-state index contributed by atoms with van der Waals surface area (Å²) in [4.78, 5) is 58.7. The number of carbonyl (C=O) groups excluding carboxylic acids is 4. The predicted octanol–water partition coefficient (Wildman–Crippen LogP) is 14.3. The van der Waals surface area contributed by atoms with Crippen LogP contribution in [0.1, 0.15) is 33.4 Å². The lowest BCUT2D eigenvalue weighted by atomic mass is 9.93. The summed E-state index contributed by atoms with van der Waals surface area (Å²) >= 11 is 0. The van der Waals surface area contributed by atoms with E-state index in [1.54, 1.807) is 133 Å². The van der Waals surface area contributed by atoms with Gasteiger partial charge < -0.3 is 52.3 Å². The van der Waals surface area contributed by atoms with Crippen LogP contribution in [0.3, 0.4) is 0 Å². The highest BCUT2D eigenvalue weighted by Gasteiger charge is 2.27. The summed E-state index contributed by atoms with van der Waals surface area (Å²) in [6, 6.07) is 40.3. The molecule has 8 amide bonds. The van der Waals surface area contributed by atoms with Gasteiger partial charge in [-0.1, -0.05) is 66.7 Å². The number of hydrogen-bond donors (Lipinski definition) is 12. The van der Waals surface area contributed by atoms with Gasteiger partial charge in [0.25, 0.3) is 30.4 Å². The van der Waals surface area contributed by atoms with Crippen molar-refractivity contribution in [2.24, 2.45) is 4.99 Å². The van der Waals surface area contributed by atoms with Crippen molar-refractivity contribution in [2.75, 3.05) is 47.9 Å². The second kappa shape index (κ2) is 25.9. The monoisotopic (exact) mass is 1300 g/mol. The van der Waals surface area contributed by atoms with E-state index in [9.17, 15) is 58.1 Å². The normalized spacial score (nSPS) is 11.8. The Morgan fingerprint density at radius 3 is 1.27 bits per heavy atom. The van der Waals surface area contributed by atoms with Gasteiger partial charge in [-0.3, -0.25) is 13.7 Å². The van der Waals surface area contributed by atoms with Gasteiger partial charge in [-0.05, 0) is 166 Å². The van der Waals surface area contributed by atoms with Gasteiger partial charge in [0.15, 0.2) is 0 Å². The number of carbonyl (C=O) groups is 4. The Morgan fingerprint density at radius 1 is 0.380 bits per heavy atom. The summed E-state index contributed by atoms with van der Waals surface area (Å²) in [5, 5.41) is 26.4. The number of rotatable bonds is 15. The molecule has 0 radical (unpaired) electrons. The second-order valence-electron chi connectivity index (χ2n) is 21.1. The Bertz CT molecular complexity index is 4850. The minimum absolute atomic E-state index is 0.0109. The lowest BCUT2D eigenvalue weighted by Gasteiger charge is -2.24. The van der Waals surface area contributed by atoms with Crippen LogP contribution in [0.5, 0.6) is 0 Å². The number of hydrogen-bond acceptors (Lipinski definition) is 13. The van der Waals surface area contributed by atoms with Crippen LogP contribution in [0.2, 0.25) is 0 Å². The molecule has 0 atom stereocenters. The molecule has 12 N–H and O–H groups in total. The Kier molecular flexibility index (Phi) is 18.0. The first-order chi connectivity index (χ1) is 43.6. The quantitative estimate of drug-likeness (QED) is 0.0335. The molecule has 0 bridgehead atoms. The van der Waals surface area contributed by atoms with E-state index in [1.807, 2.05) is 12.1 Å². The average molecular weight is 1300 g/mol. The predicted molar refractivity (Wildman–Crippen MR) is 354 cm³/mol. The highest BCUT2D eigenvalue weighted by molar-refractivity contribution is 7.86. The Morgan fingerprint density at radius 2 is 0.804 bits per heavy atom. The third-order valence-corrected chi connectivity index (χ3v) is 17.5. The zero-order valence-corrected chi connectivity index (χ0v) is 52.1. The number of urea groups is 4. The highest BCUT2D eigenvalue weighted by atomic mass is 32.2. The van der Waals surface area contributed by atoms with Gasteiger partial charge in [0.1, 0.15) is 16.2 Å². The molecular formula is C65H58N10O14S3. The number of nitrogens with zero attached hydrogens (tertiary/aromatic N) is 1. The smallest absolute Gasteiger partial charge is 0.323 e. The largest absolute Gasteiger partial charge is 0.456 e. The van der Waals surface area contributed by atoms with Gasteiger partial charge in [0.05, 0.1) is 43.6 Å². The first-order valence-electron chi connectivity index (χ1n) is 27.8. The van der Waals surface area contributed by atoms with Gasteiger partial charge in [0.2, 0.25) is 0 Å². The molecule has 1 aliphatic heterocycles. The van der Waals surface area contributed by atoms with Gasteiger partial charge in [-0.2, -0.15) is 25.3 Å². The molecule has 10 rings (SSSR count). The van der Waals surface area contributed by atoms with Crippen LogP contribution in [0.15, 0.2) is 194 Å². The standard InChI is InChI=1S/C65H58N10O14S3/c1-35-56(36(2)59(73-63(77)69-42-19-11-8-12-20-42)39(5)58(35)72-62(76)68-41-17-9-7-10-18-41)66-45-27-29-49-52(33-45)89-53-34-46(28-30-50(53)55(49)51-25-13-14-26-54(51)92(86,87)88)67-57-37(3)60(74-64(78)70-43-21-15-23-47(31-43)90(80,81)82)40(6)61(38(57)4)75-65(79)71-44-22-16-24-48(32-44)91(83,84)85/h7-34,66H,1-6H3,(H2,68,72,76)(H2,69,73,77)(H2,70,74,78)(H2,71,75,79)(H,80,81,82)(H,83,84,85)(H,86,87,88)/b67-46+. The van der Waals surface area contributed by atoms with Crippen molar-refractivity contribution in [2.45, 2.75) is 56.2 Å². The molecular weight excluding hydrogens is 1240 g/mol. The number of para-hydroxylation sites is 2. The van der Waals surface area contributed by atoms with Crippen LogP contribution < -0.4 is 53.2 Å². The molecule has 0 spiro atoms. The van der Waals surface area contributed by atoms with E-state index in [1.165, 1.54) is 42.5 Å². The van der Waals surface area contributed by atoms with E-state index in [0.717, 1.165) is 24.3 Å². The van der Waals surface area contributed by atoms with Crippen molar-refractivity contribution >= 4 is 128 Å². The minimum Gasteiger partial charge on any atom is -0.456 e. The van der Waals surface area contributed by atoms with E-state index in [-0.39, 0.29) is 50.7 Å². The van der Waals surface area contributed by atoms with E-state index < -0.39 is 69.2 Å². The summed E-state index contributed by atoms with van der Waals surface area (Å²) in [6.45, 7) is 10.2. The van der Waals surface area contributed by atoms with E-state index in [4.69, 9.17) is 9.41 Å². The number of fused-ring (bicyclic) bond motifs is 2. The van der Waals surface area contributed by atoms with Crippen LogP contribution in [0.4, 0.5) is 81.7 Å². The van der Waals surface area contributed by atoms with Gasteiger partial charge in [0, 0.05) is 68.3 Å². The maximum atomic E-state index is 13.8. The summed E-state index contributed by atoms with van der Waals surface area (Å²) in [7, 11) is -14.2. The molecule has 2 aliphatic rings. The average Bonchev–Trinajstić information content (AvgIpc) is 0.751. The fourth-order valence-corrected chi connectivity index (χ4v) is 12.4. The lowest BCUT2D eigenvalue weighted by molar-refractivity contribution is 0.261. The molecule has 1 aliphatic carbocycles. The van der Waals surface area contributed by atoms with Crippen LogP contribution in [0.25, 0.3) is 33.4 Å². The van der Waals surface area contributed by atoms with E-state index in [2.05, 4.69) is 47.9 Å². The van der Waals surface area contributed by atoms with Crippen molar-refractivity contribution in [3.05, 3.63) is 209 Å². The van der Waals surface area contributed by atoms with Crippen molar-refractivity contribution in [3.63, 3.8) is 0 Å². The first-order valence-corrected chi connectivity index (χ1v) is 32.2. The van der Waals surface area contributed by atoms with E-state index >= 15 is 0 Å². The molecule has 0 aromatic heterocycles. The summed E-state index contributed by atoms with van der Waals surface area (Å²) in [6.07, 6.45) is 0. The molecule has 0 unspecified atom stereocenters. The fraction of sp³-hybridized carbons (Fsp3) is 0.0923. The highest BCUT2D eigenvalue weighted by Crippen LogP contribution is 2.46. The first kappa shape index (κ1) is 64.1. The topological polar surface area (TPSA) is 365 Å². The van der Waals surface area contributed by atoms with E-state index in [0.29, 0.717) is 84.0 Å². The van der Waals surface area contributed by atoms with Crippen LogP contribution in [-0.4, -0.2) is 63.0 Å². The zero-order chi connectivity index (χ0) is 66.0. The molecule has 27 heteroatoms. The summed E-state index contributed by atoms with van der Waals surface area (Å²) < 4.78 is 111. The number of nitrogens with one attached hydrogen (secondary N) is 9. The third kappa shape index (κ3) is 14.2. The second-order valence-corrected chi connectivity index (χ2v) is 25.3. The summed E-state index contributed by atoms with van der Waals surface area (Å²) in [5.41, 5.74) is 6.91. The van der Waals surface area contributed by atoms with Crippen LogP contribution >= 0.6 is 0 Å². The summed E-state index contributed by atoms with van der Waals surface area (Å²) in [5.74, 6) is 0.155. The SMILES string of the molecule is Cc1c(/N=c2\ccc3c(-c4ccccc4S(=O)(=O)O)c4ccc(Nc5c(C)c(NC(=O)Nc6ccccc6)c(C)c(NC(=O)Nc6ccccc6)c5C)cc4oc-3c2)c(C)c(NC(=O)Nc2cccc(S(=O)(=O)O)c2)c(C)c1NC(=O)Nc1cccc(S(=O)(=O)O)c1. The molecule has 92 heavy (non-hydrogen) atoms. The van der Waals surface area contributed by atoms with Crippen LogP contribution in [0, 0.1) is 41.5 Å². The van der Waals surface area contributed by atoms with Gasteiger partial charge in [-0.15, -0.1) is 0 Å². The molecule has 0 saturated carbocycles. The van der Waals surface area contributed by atoms with Gasteiger partial charge in [-0.25, -0.2) is 24.2 Å². The molecule has 1 heterocycles. The molecule has 0 saturated heterocycles. The van der Waals surface area contributed by atoms with Crippen molar-refractivity contribution in [3.8, 4) is 22.5 Å². The van der Waals surface area contributed by atoms with Gasteiger partial charge >= 0.3 is 24.1 Å². The number of amides is 8. The van der Waals surface area contributed by atoms with Crippen molar-refractivity contribution < 1.29 is 62.5 Å². The minimum atomic E-state index is -4.85. The van der Waals surface area contributed by atoms with Crippen molar-refractivity contribution in [1.82, 2.24) is 0 Å². The molecule has 0 fully saturated rings. The van der Waals surface area contributed by atoms with Crippen molar-refractivity contribution in [1.29, 1.82) is 0 Å². The number of anilines is 10. The maximum Gasteiger partial charge on any atom is 0.323 e. The Hall–Kier alpha value is -10.9. The fourth-order valence-electron chi connectivity index (χ4n) is 10.6. The maximum absolute atomic E-state index is 13.8. The zero-order valence-electron chi connectivity index (χ0n) is 49.7. The molecule has 8 aromatic rings. The molecule has 24 nitrogen and oxygen atoms in total. The Labute approximate surface area is 527 Å². The number of benzene rings is 9. The lowest BCUT2D eigenvalue weighted by Crippen LogP contribution is -2.24.